The number of hydrogen-bond donors (Lipinski definition) is 4. The molecular weight excluding hydrogens is 625 g/mol. The lowest BCUT2D eigenvalue weighted by atomic mass is 9.82. The van der Waals surface area contributed by atoms with Crippen molar-refractivity contribution in [3.05, 3.63) is 46.9 Å². The Bertz CT molecular complexity index is 1420. The van der Waals surface area contributed by atoms with E-state index in [4.69, 9.17) is 10.7 Å². The zero-order chi connectivity index (χ0) is 29.5. The Labute approximate surface area is 246 Å². The molecule has 1 heterocycles. The number of nitrogens with one attached hydrogen (secondary N) is 3. The average molecular weight is 660 g/mol. The van der Waals surface area contributed by atoms with Crippen molar-refractivity contribution in [2.75, 3.05) is 36.8 Å². The highest BCUT2D eigenvalue weighted by Gasteiger charge is 2.34. The molecule has 0 amide bonds. The van der Waals surface area contributed by atoms with Gasteiger partial charge in [0.05, 0.1) is 5.52 Å². The van der Waals surface area contributed by atoms with E-state index in [0.29, 0.717) is 25.0 Å². The fourth-order valence-electron chi connectivity index (χ4n) is 4.86. The van der Waals surface area contributed by atoms with Crippen molar-refractivity contribution < 1.29 is 26.3 Å². The van der Waals surface area contributed by atoms with Gasteiger partial charge in [-0.05, 0) is 87.2 Å². The molecule has 0 spiro atoms. The van der Waals surface area contributed by atoms with Crippen molar-refractivity contribution in [3.63, 3.8) is 0 Å². The number of fused-ring (bicyclic) bond motifs is 1. The SMILES string of the molecule is NCCCCNc1nc(NCC2CCC(CNS(=O)(=O)c3ccc(Br)cc3OC(F)(F)F)CC2)nc2ccccc12. The summed E-state index contributed by atoms with van der Waals surface area (Å²) in [5.74, 6) is 0.979. The number of unbranched alkanes of at least 4 members (excludes halogenated alkanes) is 1. The number of nitrogens with zero attached hydrogens (tertiary/aromatic N) is 2. The Morgan fingerprint density at radius 3 is 2.39 bits per heavy atom. The van der Waals surface area contributed by atoms with Gasteiger partial charge in [-0.2, -0.15) is 4.98 Å². The molecule has 0 aliphatic heterocycles. The summed E-state index contributed by atoms with van der Waals surface area (Å²) >= 11 is 3.05. The number of alkyl halides is 3. The molecule has 0 bridgehead atoms. The Morgan fingerprint density at radius 1 is 0.976 bits per heavy atom. The highest BCUT2D eigenvalue weighted by atomic mass is 79.9. The van der Waals surface area contributed by atoms with Gasteiger partial charge in [-0.3, -0.25) is 0 Å². The molecule has 1 aliphatic carbocycles. The molecule has 4 rings (SSSR count). The molecule has 0 unspecified atom stereocenters. The zero-order valence-electron chi connectivity index (χ0n) is 22.4. The summed E-state index contributed by atoms with van der Waals surface area (Å²) in [5, 5.41) is 7.71. The van der Waals surface area contributed by atoms with Crippen LogP contribution in [0, 0.1) is 11.8 Å². The van der Waals surface area contributed by atoms with Gasteiger partial charge >= 0.3 is 6.36 Å². The third-order valence-electron chi connectivity index (χ3n) is 7.02. The van der Waals surface area contributed by atoms with Gasteiger partial charge in [0.15, 0.2) is 5.75 Å². The summed E-state index contributed by atoms with van der Waals surface area (Å²) in [5.41, 5.74) is 6.44. The van der Waals surface area contributed by atoms with Crippen LogP contribution < -0.4 is 25.8 Å². The van der Waals surface area contributed by atoms with Gasteiger partial charge in [-0.1, -0.05) is 28.1 Å². The number of nitrogens with two attached hydrogens (primary N) is 1. The van der Waals surface area contributed by atoms with E-state index in [9.17, 15) is 21.6 Å². The molecule has 0 atom stereocenters. The van der Waals surface area contributed by atoms with Crippen molar-refractivity contribution in [1.82, 2.24) is 14.7 Å². The Kier molecular flexibility index (Phi) is 10.7. The first-order chi connectivity index (χ1) is 19.5. The quantitative estimate of drug-likeness (QED) is 0.174. The number of anilines is 2. The third kappa shape index (κ3) is 9.15. The molecule has 2 aromatic carbocycles. The minimum absolute atomic E-state index is 0.0738. The van der Waals surface area contributed by atoms with E-state index in [1.54, 1.807) is 0 Å². The standard InChI is InChI=1S/C27H34BrF3N6O3S/c28-20-11-12-24(23(15-20)40-27(29,30)31)41(38,39)35-17-19-9-7-18(8-10-19)16-34-26-36-22-6-2-1-5-21(22)25(37-26)33-14-4-3-13-32/h1-2,5-6,11-12,15,18-19,35H,3-4,7-10,13-14,16-17,32H2,(H2,33,34,36,37). The van der Waals surface area contributed by atoms with Crippen LogP contribution in [0.5, 0.6) is 5.75 Å². The average Bonchev–Trinajstić information content (AvgIpc) is 2.92. The summed E-state index contributed by atoms with van der Waals surface area (Å²) in [6, 6.07) is 11.3. The molecule has 1 saturated carbocycles. The molecular formula is C27H34BrF3N6O3S. The molecule has 14 heteroatoms. The maximum Gasteiger partial charge on any atom is 0.573 e. The molecule has 1 aliphatic rings. The normalized spacial score (nSPS) is 17.9. The first-order valence-electron chi connectivity index (χ1n) is 13.5. The maximum atomic E-state index is 12.8. The number of aromatic nitrogens is 2. The van der Waals surface area contributed by atoms with E-state index in [2.05, 4.69) is 41.0 Å². The first-order valence-corrected chi connectivity index (χ1v) is 15.8. The van der Waals surface area contributed by atoms with Gasteiger partial charge in [0.2, 0.25) is 16.0 Å². The van der Waals surface area contributed by atoms with E-state index in [0.717, 1.165) is 73.9 Å². The van der Waals surface area contributed by atoms with Crippen LogP contribution in [0.2, 0.25) is 0 Å². The molecule has 9 nitrogen and oxygen atoms in total. The monoisotopic (exact) mass is 658 g/mol. The second kappa shape index (κ2) is 14.0. The van der Waals surface area contributed by atoms with Gasteiger partial charge in [0.1, 0.15) is 10.7 Å². The van der Waals surface area contributed by atoms with E-state index in [-0.39, 0.29) is 16.9 Å². The van der Waals surface area contributed by atoms with Crippen LogP contribution in [0.3, 0.4) is 0 Å². The molecule has 0 radical (unpaired) electrons. The van der Waals surface area contributed by atoms with E-state index in [1.165, 1.54) is 6.07 Å². The maximum absolute atomic E-state index is 12.8. The van der Waals surface area contributed by atoms with Gasteiger partial charge in [-0.15, -0.1) is 13.2 Å². The van der Waals surface area contributed by atoms with Crippen molar-refractivity contribution in [1.29, 1.82) is 0 Å². The minimum Gasteiger partial charge on any atom is -0.404 e. The highest BCUT2D eigenvalue weighted by molar-refractivity contribution is 9.10. The Morgan fingerprint density at radius 2 is 1.68 bits per heavy atom. The van der Waals surface area contributed by atoms with Crippen LogP contribution in [0.1, 0.15) is 38.5 Å². The second-order valence-electron chi connectivity index (χ2n) is 10.1. The summed E-state index contributed by atoms with van der Waals surface area (Å²) in [6.07, 6.45) is 0.181. The summed E-state index contributed by atoms with van der Waals surface area (Å²) in [6.45, 7) is 2.23. The lowest BCUT2D eigenvalue weighted by molar-refractivity contribution is -0.275. The lowest BCUT2D eigenvalue weighted by Gasteiger charge is -2.28. The molecule has 41 heavy (non-hydrogen) atoms. The molecule has 0 saturated heterocycles. The van der Waals surface area contributed by atoms with Gasteiger partial charge in [-0.25, -0.2) is 18.1 Å². The summed E-state index contributed by atoms with van der Waals surface area (Å²) in [7, 11) is -4.21. The van der Waals surface area contributed by atoms with Gasteiger partial charge in [0.25, 0.3) is 0 Å². The Balaban J connectivity index is 1.29. The van der Waals surface area contributed by atoms with E-state index in [1.807, 2.05) is 24.3 Å². The smallest absolute Gasteiger partial charge is 0.404 e. The number of halogens is 4. The second-order valence-corrected chi connectivity index (χ2v) is 12.7. The predicted molar refractivity (Wildman–Crippen MR) is 156 cm³/mol. The summed E-state index contributed by atoms with van der Waals surface area (Å²) in [4.78, 5) is 8.79. The molecule has 224 valence electrons. The number of hydrogen-bond acceptors (Lipinski definition) is 8. The van der Waals surface area contributed by atoms with E-state index >= 15 is 0 Å². The summed E-state index contributed by atoms with van der Waals surface area (Å²) < 4.78 is 70.8. The largest absolute Gasteiger partial charge is 0.573 e. The number of benzene rings is 2. The van der Waals surface area contributed by atoms with Crippen LogP contribution in [-0.4, -0.2) is 50.9 Å². The Hall–Kier alpha value is -2.68. The third-order valence-corrected chi connectivity index (χ3v) is 8.98. The van der Waals surface area contributed by atoms with Crippen LogP contribution in [0.25, 0.3) is 10.9 Å². The number of para-hydroxylation sites is 1. The van der Waals surface area contributed by atoms with Crippen molar-refractivity contribution in [3.8, 4) is 5.75 Å². The molecule has 1 fully saturated rings. The fourth-order valence-corrected chi connectivity index (χ4v) is 6.42. The number of rotatable bonds is 13. The van der Waals surface area contributed by atoms with Crippen LogP contribution in [0.4, 0.5) is 24.9 Å². The van der Waals surface area contributed by atoms with Crippen LogP contribution in [0.15, 0.2) is 51.8 Å². The minimum atomic E-state index is -5.02. The molecule has 5 N–H and O–H groups in total. The lowest BCUT2D eigenvalue weighted by Crippen LogP contribution is -2.33. The van der Waals surface area contributed by atoms with Crippen molar-refractivity contribution in [2.45, 2.75) is 49.8 Å². The topological polar surface area (TPSA) is 131 Å². The molecule has 1 aromatic heterocycles. The van der Waals surface area contributed by atoms with Crippen molar-refractivity contribution in [2.24, 2.45) is 17.6 Å². The predicted octanol–water partition coefficient (Wildman–Crippen LogP) is 5.64. The van der Waals surface area contributed by atoms with Gasteiger partial charge < -0.3 is 21.1 Å². The zero-order valence-corrected chi connectivity index (χ0v) is 24.8. The van der Waals surface area contributed by atoms with Gasteiger partial charge in [0, 0.05) is 29.5 Å². The number of ether oxygens (including phenoxy) is 1. The number of sulfonamides is 1. The highest BCUT2D eigenvalue weighted by Crippen LogP contribution is 2.33. The van der Waals surface area contributed by atoms with Crippen LogP contribution >= 0.6 is 15.9 Å². The fraction of sp³-hybridized carbons (Fsp3) is 0.481. The van der Waals surface area contributed by atoms with E-state index < -0.39 is 27.0 Å². The van der Waals surface area contributed by atoms with Crippen molar-refractivity contribution >= 4 is 48.6 Å². The molecule has 3 aromatic rings. The first kappa shape index (κ1) is 31.3. The van der Waals surface area contributed by atoms with Crippen LogP contribution in [-0.2, 0) is 10.0 Å².